The molecule has 4 rings (SSSR count). The van der Waals surface area contributed by atoms with Gasteiger partial charge in [-0.15, -0.1) is 0 Å². The van der Waals surface area contributed by atoms with E-state index >= 15 is 0 Å². The van der Waals surface area contributed by atoms with Crippen molar-refractivity contribution in [3.63, 3.8) is 0 Å². The van der Waals surface area contributed by atoms with E-state index in [1.807, 2.05) is 7.11 Å². The van der Waals surface area contributed by atoms with Gasteiger partial charge in [-0.05, 0) is 56.7 Å². The third kappa shape index (κ3) is 2.26. The van der Waals surface area contributed by atoms with E-state index < -0.39 is 0 Å². The summed E-state index contributed by atoms with van der Waals surface area (Å²) >= 11 is 0. The first kappa shape index (κ1) is 16.2. The van der Waals surface area contributed by atoms with E-state index in [9.17, 15) is 0 Å². The number of nitrogens with zero attached hydrogens (tertiary/aromatic N) is 1. The Kier molecular flexibility index (Phi) is 4.21. The molecule has 2 heterocycles. The molecule has 2 saturated heterocycles. The van der Waals surface area contributed by atoms with Gasteiger partial charge < -0.3 is 14.2 Å². The summed E-state index contributed by atoms with van der Waals surface area (Å²) in [5.74, 6) is 2.74. The zero-order valence-corrected chi connectivity index (χ0v) is 15.1. The molecular formula is C20H29NO3. The topological polar surface area (TPSA) is 30.9 Å². The molecule has 4 aliphatic rings. The van der Waals surface area contributed by atoms with Crippen LogP contribution in [0.15, 0.2) is 35.3 Å². The Balaban J connectivity index is 1.81. The third-order valence-corrected chi connectivity index (χ3v) is 6.63. The minimum Gasteiger partial charge on any atom is -0.493 e. The van der Waals surface area contributed by atoms with Crippen LogP contribution >= 0.6 is 0 Å². The molecule has 0 saturated carbocycles. The summed E-state index contributed by atoms with van der Waals surface area (Å²) in [6, 6.07) is 0. The van der Waals surface area contributed by atoms with Crippen molar-refractivity contribution in [1.29, 1.82) is 0 Å². The Morgan fingerprint density at radius 2 is 1.88 bits per heavy atom. The molecule has 0 amide bonds. The summed E-state index contributed by atoms with van der Waals surface area (Å²) in [6.45, 7) is 2.37. The van der Waals surface area contributed by atoms with Crippen molar-refractivity contribution in [3.8, 4) is 0 Å². The van der Waals surface area contributed by atoms with Gasteiger partial charge in [0.25, 0.3) is 0 Å². The van der Waals surface area contributed by atoms with Gasteiger partial charge >= 0.3 is 0 Å². The normalized spacial score (nSPS) is 38.8. The Bertz CT molecular complexity index is 594. The second-order valence-corrected chi connectivity index (χ2v) is 7.49. The van der Waals surface area contributed by atoms with Crippen LogP contribution in [-0.4, -0.2) is 51.0 Å². The van der Waals surface area contributed by atoms with Gasteiger partial charge in [-0.1, -0.05) is 11.6 Å². The van der Waals surface area contributed by atoms with Crippen LogP contribution in [0.3, 0.4) is 0 Å². The number of methoxy groups -OCH3 is 3. The van der Waals surface area contributed by atoms with Crippen LogP contribution < -0.4 is 0 Å². The fourth-order valence-corrected chi connectivity index (χ4v) is 5.53. The van der Waals surface area contributed by atoms with Crippen LogP contribution in [0.25, 0.3) is 0 Å². The minimum atomic E-state index is 0.111. The lowest BCUT2D eigenvalue weighted by Gasteiger charge is -2.49. The predicted molar refractivity (Wildman–Crippen MR) is 93.4 cm³/mol. The zero-order valence-electron chi connectivity index (χ0n) is 15.1. The van der Waals surface area contributed by atoms with Gasteiger partial charge in [0.05, 0.1) is 25.9 Å². The first-order valence-corrected chi connectivity index (χ1v) is 9.22. The Hall–Kier alpha value is -1.26. The molecule has 0 aromatic carbocycles. The van der Waals surface area contributed by atoms with Crippen LogP contribution in [0, 0.1) is 11.8 Å². The van der Waals surface area contributed by atoms with Crippen molar-refractivity contribution >= 4 is 0 Å². The monoisotopic (exact) mass is 331 g/mol. The summed E-state index contributed by atoms with van der Waals surface area (Å²) in [4.78, 5) is 2.74. The van der Waals surface area contributed by atoms with E-state index in [0.717, 1.165) is 24.4 Å². The third-order valence-electron chi connectivity index (χ3n) is 6.63. The maximum Gasteiger partial charge on any atom is 0.156 e. The molecular weight excluding hydrogens is 302 g/mol. The summed E-state index contributed by atoms with van der Waals surface area (Å²) in [5, 5.41) is 0. The Morgan fingerprint density at radius 1 is 1.08 bits per heavy atom. The van der Waals surface area contributed by atoms with Crippen LogP contribution in [0.4, 0.5) is 0 Å². The maximum atomic E-state index is 5.80. The van der Waals surface area contributed by atoms with Crippen LogP contribution in [0.5, 0.6) is 0 Å². The lowest BCUT2D eigenvalue weighted by Crippen LogP contribution is -2.54. The highest BCUT2D eigenvalue weighted by atomic mass is 16.5. The largest absolute Gasteiger partial charge is 0.493 e. The molecule has 0 aromatic rings. The predicted octanol–water partition coefficient (Wildman–Crippen LogP) is 3.27. The minimum absolute atomic E-state index is 0.111. The van der Waals surface area contributed by atoms with E-state index in [1.54, 1.807) is 19.8 Å². The Labute approximate surface area is 145 Å². The molecule has 4 nitrogen and oxygen atoms in total. The molecule has 2 aliphatic heterocycles. The van der Waals surface area contributed by atoms with E-state index in [-0.39, 0.29) is 5.54 Å². The molecule has 24 heavy (non-hydrogen) atoms. The van der Waals surface area contributed by atoms with Crippen LogP contribution in [-0.2, 0) is 14.2 Å². The molecule has 0 N–H and O–H groups in total. The molecule has 4 unspecified atom stereocenters. The molecule has 0 aromatic heterocycles. The number of rotatable bonds is 3. The van der Waals surface area contributed by atoms with Crippen molar-refractivity contribution in [2.24, 2.45) is 11.8 Å². The number of ether oxygens (including phenoxy) is 3. The highest BCUT2D eigenvalue weighted by Crippen LogP contribution is 2.54. The summed E-state index contributed by atoms with van der Waals surface area (Å²) < 4.78 is 17.0. The summed E-state index contributed by atoms with van der Waals surface area (Å²) in [6.07, 6.45) is 13.3. The van der Waals surface area contributed by atoms with E-state index in [0.29, 0.717) is 17.9 Å². The maximum absolute atomic E-state index is 5.80. The standard InChI is InChI=1S/C20H29NO3/c1-22-16-7-6-15-8-10-21-9-4-5-14-11-18(23-2)19(24-3)12-17(14)20(15,21)13-16/h6,11-12,14,16-17H,4-5,7-10,13H2,1-3H3. The molecule has 132 valence electrons. The fourth-order valence-electron chi connectivity index (χ4n) is 5.53. The second kappa shape index (κ2) is 6.23. The molecule has 0 bridgehead atoms. The quantitative estimate of drug-likeness (QED) is 0.743. The molecule has 0 radical (unpaired) electrons. The molecule has 1 spiro atoms. The lowest BCUT2D eigenvalue weighted by molar-refractivity contribution is 0.0149. The molecule has 2 fully saturated rings. The van der Waals surface area contributed by atoms with Gasteiger partial charge in [0.1, 0.15) is 0 Å². The fraction of sp³-hybridized carbons (Fsp3) is 0.700. The van der Waals surface area contributed by atoms with E-state index in [4.69, 9.17) is 14.2 Å². The molecule has 4 heteroatoms. The Morgan fingerprint density at radius 3 is 2.62 bits per heavy atom. The highest BCUT2D eigenvalue weighted by Gasteiger charge is 2.55. The van der Waals surface area contributed by atoms with Gasteiger partial charge in [-0.2, -0.15) is 0 Å². The molecule has 2 aliphatic carbocycles. The van der Waals surface area contributed by atoms with Gasteiger partial charge in [0.15, 0.2) is 11.5 Å². The van der Waals surface area contributed by atoms with Crippen molar-refractivity contribution in [1.82, 2.24) is 4.90 Å². The van der Waals surface area contributed by atoms with Crippen molar-refractivity contribution in [2.75, 3.05) is 34.4 Å². The second-order valence-electron chi connectivity index (χ2n) is 7.49. The van der Waals surface area contributed by atoms with E-state index in [1.165, 1.54) is 32.4 Å². The smallest absolute Gasteiger partial charge is 0.156 e. The average molecular weight is 331 g/mol. The first-order chi connectivity index (χ1) is 11.7. The van der Waals surface area contributed by atoms with Crippen LogP contribution in [0.2, 0.25) is 0 Å². The SMILES string of the molecule is COC1=CC2CCCN3CCC4=CCC(OC)CC43C2C=C1OC. The van der Waals surface area contributed by atoms with Crippen molar-refractivity contribution in [3.05, 3.63) is 35.3 Å². The van der Waals surface area contributed by atoms with Gasteiger partial charge in [-0.25, -0.2) is 0 Å². The van der Waals surface area contributed by atoms with Crippen LogP contribution in [0.1, 0.15) is 32.1 Å². The van der Waals surface area contributed by atoms with Gasteiger partial charge in [-0.3, -0.25) is 4.90 Å². The van der Waals surface area contributed by atoms with Crippen molar-refractivity contribution < 1.29 is 14.2 Å². The summed E-state index contributed by atoms with van der Waals surface area (Å²) in [5.41, 5.74) is 1.74. The summed E-state index contributed by atoms with van der Waals surface area (Å²) in [7, 11) is 5.34. The average Bonchev–Trinajstić information content (AvgIpc) is 2.92. The van der Waals surface area contributed by atoms with Gasteiger partial charge in [0, 0.05) is 19.6 Å². The zero-order chi connectivity index (χ0) is 16.7. The van der Waals surface area contributed by atoms with E-state index in [2.05, 4.69) is 23.1 Å². The highest BCUT2D eigenvalue weighted by molar-refractivity contribution is 5.39. The number of fused-ring (bicyclic) bond motifs is 1. The van der Waals surface area contributed by atoms with Crippen molar-refractivity contribution in [2.45, 2.75) is 43.7 Å². The molecule has 4 atom stereocenters. The number of hydrogen-bond acceptors (Lipinski definition) is 4. The lowest BCUT2D eigenvalue weighted by atomic mass is 9.65. The first-order valence-electron chi connectivity index (χ1n) is 9.22. The number of allylic oxidation sites excluding steroid dienone is 1. The van der Waals surface area contributed by atoms with Gasteiger partial charge in [0.2, 0.25) is 0 Å². The number of hydrogen-bond donors (Lipinski definition) is 0.